The van der Waals surface area contributed by atoms with Crippen LogP contribution in [-0.2, 0) is 6.54 Å². The molecule has 0 unspecified atom stereocenters. The van der Waals surface area contributed by atoms with Crippen molar-refractivity contribution in [1.82, 2.24) is 14.8 Å². The summed E-state index contributed by atoms with van der Waals surface area (Å²) in [4.78, 5) is 14.1. The summed E-state index contributed by atoms with van der Waals surface area (Å²) < 4.78 is 2.22. The second kappa shape index (κ2) is 5.46. The minimum absolute atomic E-state index is 0.0654. The van der Waals surface area contributed by atoms with Crippen molar-refractivity contribution in [3.63, 3.8) is 0 Å². The Hall–Kier alpha value is -1.45. The molecule has 18 heavy (non-hydrogen) atoms. The number of fused-ring (bicyclic) bond motifs is 1. The quantitative estimate of drug-likeness (QED) is 0.878. The molecule has 2 heterocycles. The average molecular weight is 249 g/mol. The molecule has 4 heteroatoms. The van der Waals surface area contributed by atoms with E-state index in [1.54, 1.807) is 0 Å². The van der Waals surface area contributed by atoms with E-state index in [1.165, 1.54) is 5.69 Å². The predicted octanol–water partition coefficient (Wildman–Crippen LogP) is 2.62. The SMILES string of the molecule is CC(C)CCNC(=O)N1CCn2cccc2[C@@H]1C. The van der Waals surface area contributed by atoms with E-state index in [0.29, 0.717) is 5.92 Å². The van der Waals surface area contributed by atoms with Gasteiger partial charge in [-0.2, -0.15) is 0 Å². The summed E-state index contributed by atoms with van der Waals surface area (Å²) in [6.07, 6.45) is 3.12. The maximum absolute atomic E-state index is 12.1. The Morgan fingerprint density at radius 2 is 2.28 bits per heavy atom. The van der Waals surface area contributed by atoms with Crippen LogP contribution in [0.25, 0.3) is 0 Å². The standard InChI is InChI=1S/C14H23N3O/c1-11(2)6-7-15-14(18)17-10-9-16-8-4-5-13(16)12(17)3/h4-5,8,11-12H,6-7,9-10H2,1-3H3,(H,15,18)/t12-/m0/s1. The molecule has 0 spiro atoms. The molecule has 4 nitrogen and oxygen atoms in total. The van der Waals surface area contributed by atoms with Gasteiger partial charge in [0.25, 0.3) is 0 Å². The van der Waals surface area contributed by atoms with Crippen molar-refractivity contribution in [3.8, 4) is 0 Å². The molecular formula is C14H23N3O. The highest BCUT2D eigenvalue weighted by Crippen LogP contribution is 2.24. The lowest BCUT2D eigenvalue weighted by molar-refractivity contribution is 0.162. The van der Waals surface area contributed by atoms with Crippen LogP contribution in [0.3, 0.4) is 0 Å². The number of hydrogen-bond acceptors (Lipinski definition) is 1. The van der Waals surface area contributed by atoms with E-state index < -0.39 is 0 Å². The minimum Gasteiger partial charge on any atom is -0.348 e. The number of amides is 2. The lowest BCUT2D eigenvalue weighted by Gasteiger charge is -2.34. The minimum atomic E-state index is 0.0654. The van der Waals surface area contributed by atoms with Crippen LogP contribution in [-0.4, -0.2) is 28.6 Å². The Morgan fingerprint density at radius 3 is 3.00 bits per heavy atom. The average Bonchev–Trinajstić information content (AvgIpc) is 2.77. The highest BCUT2D eigenvalue weighted by atomic mass is 16.2. The summed E-state index contributed by atoms with van der Waals surface area (Å²) >= 11 is 0. The number of rotatable bonds is 3. The van der Waals surface area contributed by atoms with Crippen LogP contribution in [0.5, 0.6) is 0 Å². The summed E-state index contributed by atoms with van der Waals surface area (Å²) in [5.74, 6) is 0.626. The molecule has 0 saturated heterocycles. The molecule has 1 N–H and O–H groups in total. The molecule has 0 aliphatic carbocycles. The van der Waals surface area contributed by atoms with Gasteiger partial charge in [0.15, 0.2) is 0 Å². The first kappa shape index (κ1) is 13.0. The van der Waals surface area contributed by atoms with Crippen molar-refractivity contribution < 1.29 is 4.79 Å². The number of carbonyl (C=O) groups is 1. The van der Waals surface area contributed by atoms with Gasteiger partial charge in [0.05, 0.1) is 6.04 Å². The molecular weight excluding hydrogens is 226 g/mol. The van der Waals surface area contributed by atoms with Crippen molar-refractivity contribution in [2.24, 2.45) is 5.92 Å². The van der Waals surface area contributed by atoms with Crippen LogP contribution >= 0.6 is 0 Å². The molecule has 100 valence electrons. The molecule has 1 aromatic heterocycles. The molecule has 1 aliphatic heterocycles. The van der Waals surface area contributed by atoms with Gasteiger partial charge in [-0.25, -0.2) is 4.79 Å². The highest BCUT2D eigenvalue weighted by molar-refractivity contribution is 5.74. The monoisotopic (exact) mass is 249 g/mol. The van der Waals surface area contributed by atoms with Crippen LogP contribution < -0.4 is 5.32 Å². The Labute approximate surface area is 109 Å². The summed E-state index contributed by atoms with van der Waals surface area (Å²) in [5.41, 5.74) is 1.22. The highest BCUT2D eigenvalue weighted by Gasteiger charge is 2.26. The third-order valence-electron chi connectivity index (χ3n) is 3.60. The second-order valence-corrected chi connectivity index (χ2v) is 5.41. The van der Waals surface area contributed by atoms with E-state index in [-0.39, 0.29) is 12.1 Å². The van der Waals surface area contributed by atoms with Crippen LogP contribution in [0.1, 0.15) is 38.9 Å². The van der Waals surface area contributed by atoms with Gasteiger partial charge in [0.2, 0.25) is 0 Å². The largest absolute Gasteiger partial charge is 0.348 e. The normalized spacial score (nSPS) is 18.9. The number of nitrogens with zero attached hydrogens (tertiary/aromatic N) is 2. The van der Waals surface area contributed by atoms with Gasteiger partial charge in [-0.05, 0) is 31.4 Å². The smallest absolute Gasteiger partial charge is 0.318 e. The Kier molecular flexibility index (Phi) is 3.94. The summed E-state index contributed by atoms with van der Waals surface area (Å²) in [6, 6.07) is 4.37. The van der Waals surface area contributed by atoms with E-state index in [0.717, 1.165) is 26.1 Å². The third-order valence-corrected chi connectivity index (χ3v) is 3.60. The summed E-state index contributed by atoms with van der Waals surface area (Å²) in [5, 5.41) is 3.01. The molecule has 0 bridgehead atoms. The van der Waals surface area contributed by atoms with Crippen molar-refractivity contribution in [2.45, 2.75) is 39.8 Å². The van der Waals surface area contributed by atoms with Crippen LogP contribution in [0.2, 0.25) is 0 Å². The zero-order chi connectivity index (χ0) is 13.1. The van der Waals surface area contributed by atoms with E-state index in [9.17, 15) is 4.79 Å². The molecule has 0 fully saturated rings. The van der Waals surface area contributed by atoms with E-state index in [4.69, 9.17) is 0 Å². The Balaban J connectivity index is 1.92. The van der Waals surface area contributed by atoms with Crippen molar-refractivity contribution in [1.29, 1.82) is 0 Å². The molecule has 0 saturated carbocycles. The van der Waals surface area contributed by atoms with E-state index in [1.807, 2.05) is 11.0 Å². The first-order valence-electron chi connectivity index (χ1n) is 6.79. The van der Waals surface area contributed by atoms with Gasteiger partial charge < -0.3 is 14.8 Å². The maximum Gasteiger partial charge on any atom is 0.318 e. The fraction of sp³-hybridized carbons (Fsp3) is 0.643. The molecule has 1 aliphatic rings. The zero-order valence-corrected chi connectivity index (χ0v) is 11.5. The van der Waals surface area contributed by atoms with Crippen LogP contribution in [0.15, 0.2) is 18.3 Å². The number of urea groups is 1. The van der Waals surface area contributed by atoms with E-state index in [2.05, 4.69) is 42.9 Å². The van der Waals surface area contributed by atoms with Crippen LogP contribution in [0.4, 0.5) is 4.79 Å². The van der Waals surface area contributed by atoms with Gasteiger partial charge in [0, 0.05) is 31.5 Å². The van der Waals surface area contributed by atoms with Crippen molar-refractivity contribution in [2.75, 3.05) is 13.1 Å². The third kappa shape index (κ3) is 2.68. The summed E-state index contributed by atoms with van der Waals surface area (Å²) in [6.45, 7) is 8.87. The van der Waals surface area contributed by atoms with Crippen molar-refractivity contribution >= 4 is 6.03 Å². The number of carbonyl (C=O) groups excluding carboxylic acids is 1. The fourth-order valence-corrected chi connectivity index (χ4v) is 2.43. The Morgan fingerprint density at radius 1 is 1.50 bits per heavy atom. The Bertz CT molecular complexity index is 411. The van der Waals surface area contributed by atoms with E-state index >= 15 is 0 Å². The van der Waals surface area contributed by atoms with Gasteiger partial charge in [0.1, 0.15) is 0 Å². The molecule has 2 rings (SSSR count). The van der Waals surface area contributed by atoms with Gasteiger partial charge >= 0.3 is 6.03 Å². The molecule has 0 radical (unpaired) electrons. The first-order valence-corrected chi connectivity index (χ1v) is 6.79. The fourth-order valence-electron chi connectivity index (χ4n) is 2.43. The van der Waals surface area contributed by atoms with Crippen LogP contribution in [0, 0.1) is 5.92 Å². The second-order valence-electron chi connectivity index (χ2n) is 5.41. The molecule has 1 atom stereocenters. The first-order chi connectivity index (χ1) is 8.59. The maximum atomic E-state index is 12.1. The lowest BCUT2D eigenvalue weighted by Crippen LogP contribution is -2.46. The van der Waals surface area contributed by atoms with Crippen molar-refractivity contribution in [3.05, 3.63) is 24.0 Å². The molecule has 1 aromatic rings. The molecule has 2 amide bonds. The topological polar surface area (TPSA) is 37.3 Å². The molecule has 0 aromatic carbocycles. The summed E-state index contributed by atoms with van der Waals surface area (Å²) in [7, 11) is 0. The van der Waals surface area contributed by atoms with Gasteiger partial charge in [-0.15, -0.1) is 0 Å². The number of nitrogens with one attached hydrogen (secondary N) is 1. The zero-order valence-electron chi connectivity index (χ0n) is 11.5. The lowest BCUT2D eigenvalue weighted by atomic mass is 10.1. The number of aromatic nitrogens is 1. The van der Waals surface area contributed by atoms with Gasteiger partial charge in [-0.1, -0.05) is 13.8 Å². The predicted molar refractivity (Wildman–Crippen MR) is 72.4 cm³/mol. The number of hydrogen-bond donors (Lipinski definition) is 1. The van der Waals surface area contributed by atoms with Gasteiger partial charge in [-0.3, -0.25) is 0 Å².